The molecule has 0 unspecified atom stereocenters. The van der Waals surface area contributed by atoms with Gasteiger partial charge in [0.25, 0.3) is 5.56 Å². The maximum atomic E-state index is 11.8. The minimum atomic E-state index is -0.329. The second-order valence-corrected chi connectivity index (χ2v) is 7.13. The largest absolute Gasteiger partial charge is 0.275 e. The number of nitrogens with one attached hydrogen (secondary N) is 1. The van der Waals surface area contributed by atoms with Gasteiger partial charge in [-0.1, -0.05) is 48.7 Å². The van der Waals surface area contributed by atoms with E-state index in [9.17, 15) is 4.79 Å². The lowest BCUT2D eigenvalue weighted by Gasteiger charge is -2.20. The van der Waals surface area contributed by atoms with Gasteiger partial charge in [-0.05, 0) is 36.0 Å². The van der Waals surface area contributed by atoms with E-state index < -0.39 is 0 Å². The van der Waals surface area contributed by atoms with E-state index in [1.165, 1.54) is 44.4 Å². The molecule has 1 fully saturated rings. The SMILES string of the molecule is O=c1cc(-c2ccc(-c3cn(CC4CCCCC4)nn3)cc2)ccn1NO. The van der Waals surface area contributed by atoms with Crippen molar-refractivity contribution in [1.29, 1.82) is 0 Å². The molecule has 2 heterocycles. The van der Waals surface area contributed by atoms with Crippen LogP contribution in [-0.4, -0.2) is 24.9 Å². The van der Waals surface area contributed by atoms with Crippen molar-refractivity contribution in [1.82, 2.24) is 19.7 Å². The number of benzene rings is 1. The van der Waals surface area contributed by atoms with Crippen LogP contribution in [0.15, 0.2) is 53.6 Å². The number of aromatic nitrogens is 4. The molecule has 0 bridgehead atoms. The molecule has 1 aromatic carbocycles. The number of rotatable bonds is 5. The van der Waals surface area contributed by atoms with Crippen LogP contribution in [0.3, 0.4) is 0 Å². The highest BCUT2D eigenvalue weighted by molar-refractivity contribution is 5.68. The Morgan fingerprint density at radius 2 is 1.78 bits per heavy atom. The van der Waals surface area contributed by atoms with Gasteiger partial charge in [0.1, 0.15) is 5.69 Å². The highest BCUT2D eigenvalue weighted by atomic mass is 16.5. The summed E-state index contributed by atoms with van der Waals surface area (Å²) in [6, 6.07) is 11.1. The van der Waals surface area contributed by atoms with Crippen LogP contribution in [0.5, 0.6) is 0 Å². The van der Waals surface area contributed by atoms with Crippen LogP contribution in [0, 0.1) is 5.92 Å². The Labute approximate surface area is 157 Å². The molecule has 0 saturated heterocycles. The zero-order valence-electron chi connectivity index (χ0n) is 15.1. The predicted molar refractivity (Wildman–Crippen MR) is 103 cm³/mol. The summed E-state index contributed by atoms with van der Waals surface area (Å²) >= 11 is 0. The van der Waals surface area contributed by atoms with E-state index in [-0.39, 0.29) is 5.56 Å². The molecular formula is C20H23N5O2. The van der Waals surface area contributed by atoms with E-state index in [4.69, 9.17) is 5.21 Å². The number of nitrogens with zero attached hydrogens (tertiary/aromatic N) is 4. The van der Waals surface area contributed by atoms with E-state index in [0.717, 1.165) is 33.6 Å². The van der Waals surface area contributed by atoms with Gasteiger partial charge in [0, 0.05) is 24.4 Å². The van der Waals surface area contributed by atoms with E-state index in [0.29, 0.717) is 5.92 Å². The van der Waals surface area contributed by atoms with Crippen molar-refractivity contribution >= 4 is 0 Å². The van der Waals surface area contributed by atoms with Crippen LogP contribution in [0.1, 0.15) is 32.1 Å². The lowest BCUT2D eigenvalue weighted by atomic mass is 9.89. The van der Waals surface area contributed by atoms with Gasteiger partial charge < -0.3 is 0 Å². The number of hydrogen-bond acceptors (Lipinski definition) is 5. The van der Waals surface area contributed by atoms with Crippen molar-refractivity contribution in [2.24, 2.45) is 5.92 Å². The van der Waals surface area contributed by atoms with Crippen molar-refractivity contribution < 1.29 is 5.21 Å². The molecule has 0 aliphatic heterocycles. The van der Waals surface area contributed by atoms with Crippen LogP contribution in [0.2, 0.25) is 0 Å². The normalized spacial score (nSPS) is 15.0. The molecule has 27 heavy (non-hydrogen) atoms. The molecule has 1 aliphatic rings. The predicted octanol–water partition coefficient (Wildman–Crippen LogP) is 3.29. The second-order valence-electron chi connectivity index (χ2n) is 7.13. The lowest BCUT2D eigenvalue weighted by molar-refractivity contribution is 0.305. The minimum absolute atomic E-state index is 0.329. The zero-order valence-corrected chi connectivity index (χ0v) is 15.1. The molecule has 0 atom stereocenters. The van der Waals surface area contributed by atoms with Crippen molar-refractivity contribution in [2.75, 3.05) is 5.59 Å². The molecule has 0 radical (unpaired) electrons. The van der Waals surface area contributed by atoms with Gasteiger partial charge in [-0.2, -0.15) is 0 Å². The van der Waals surface area contributed by atoms with Gasteiger partial charge in [0.15, 0.2) is 0 Å². The molecular weight excluding hydrogens is 342 g/mol. The third-order valence-electron chi connectivity index (χ3n) is 5.25. The smallest absolute Gasteiger partial charge is 0.271 e. The molecule has 2 N–H and O–H groups in total. The van der Waals surface area contributed by atoms with Gasteiger partial charge >= 0.3 is 0 Å². The third-order valence-corrected chi connectivity index (χ3v) is 5.25. The molecule has 7 heteroatoms. The molecule has 2 aromatic heterocycles. The third kappa shape index (κ3) is 3.93. The fourth-order valence-corrected chi connectivity index (χ4v) is 3.73. The van der Waals surface area contributed by atoms with Gasteiger partial charge in [0.05, 0.1) is 6.20 Å². The van der Waals surface area contributed by atoms with Crippen LogP contribution in [0.4, 0.5) is 0 Å². The highest BCUT2D eigenvalue weighted by Crippen LogP contribution is 2.26. The first-order valence-electron chi connectivity index (χ1n) is 9.37. The van der Waals surface area contributed by atoms with Gasteiger partial charge in [-0.25, -0.2) is 10.3 Å². The Morgan fingerprint density at radius 1 is 1.04 bits per heavy atom. The maximum Gasteiger partial charge on any atom is 0.271 e. The van der Waals surface area contributed by atoms with E-state index in [1.54, 1.807) is 6.07 Å². The standard InChI is InChI=1S/C20H23N5O2/c26-20-12-18(10-11-25(20)23-27)16-6-8-17(9-7-16)19-14-24(22-21-19)13-15-4-2-1-3-5-15/h6-12,14-15,23,27H,1-5,13H2. The maximum absolute atomic E-state index is 11.8. The summed E-state index contributed by atoms with van der Waals surface area (Å²) < 4.78 is 2.96. The molecule has 140 valence electrons. The average Bonchev–Trinajstić information content (AvgIpc) is 3.17. The van der Waals surface area contributed by atoms with Crippen LogP contribution >= 0.6 is 0 Å². The summed E-state index contributed by atoms with van der Waals surface area (Å²) in [5, 5.41) is 17.5. The molecule has 4 rings (SSSR count). The summed E-state index contributed by atoms with van der Waals surface area (Å²) in [6.45, 7) is 0.945. The Balaban J connectivity index is 1.49. The Bertz CT molecular complexity index is 955. The molecule has 1 aliphatic carbocycles. The Kier molecular flexibility index (Phi) is 5.02. The summed E-state index contributed by atoms with van der Waals surface area (Å²) in [7, 11) is 0. The number of pyridine rings is 1. The van der Waals surface area contributed by atoms with Crippen molar-refractivity contribution in [3.05, 3.63) is 59.1 Å². The quantitative estimate of drug-likeness (QED) is 0.678. The average molecular weight is 365 g/mol. The first-order valence-corrected chi connectivity index (χ1v) is 9.37. The molecule has 0 amide bonds. The summed E-state index contributed by atoms with van der Waals surface area (Å²) in [5.74, 6) is 0.714. The monoisotopic (exact) mass is 365 g/mol. The first kappa shape index (κ1) is 17.5. The Morgan fingerprint density at radius 3 is 2.48 bits per heavy atom. The molecule has 3 aromatic rings. The summed E-state index contributed by atoms with van der Waals surface area (Å²) in [5.41, 5.74) is 5.07. The van der Waals surface area contributed by atoms with E-state index in [1.807, 2.05) is 40.7 Å². The van der Waals surface area contributed by atoms with Crippen LogP contribution < -0.4 is 11.1 Å². The van der Waals surface area contributed by atoms with Crippen LogP contribution in [0.25, 0.3) is 22.4 Å². The summed E-state index contributed by atoms with van der Waals surface area (Å²) in [6.07, 6.45) is 10.1. The van der Waals surface area contributed by atoms with E-state index >= 15 is 0 Å². The van der Waals surface area contributed by atoms with Gasteiger partial charge in [-0.15, -0.1) is 5.10 Å². The van der Waals surface area contributed by atoms with Crippen molar-refractivity contribution in [3.63, 3.8) is 0 Å². The van der Waals surface area contributed by atoms with Crippen molar-refractivity contribution in [3.8, 4) is 22.4 Å². The minimum Gasteiger partial charge on any atom is -0.275 e. The van der Waals surface area contributed by atoms with Crippen LogP contribution in [-0.2, 0) is 6.54 Å². The Hall–Kier alpha value is -2.93. The highest BCUT2D eigenvalue weighted by Gasteiger charge is 2.15. The first-order chi connectivity index (χ1) is 13.2. The fourth-order valence-electron chi connectivity index (χ4n) is 3.73. The topological polar surface area (TPSA) is 85.0 Å². The van der Waals surface area contributed by atoms with Gasteiger partial charge in [-0.3, -0.25) is 14.7 Å². The summed E-state index contributed by atoms with van der Waals surface area (Å²) in [4.78, 5) is 11.8. The lowest BCUT2D eigenvalue weighted by Crippen LogP contribution is -2.25. The molecule has 1 saturated carbocycles. The number of hydrogen-bond donors (Lipinski definition) is 2. The fraction of sp³-hybridized carbons (Fsp3) is 0.350. The van der Waals surface area contributed by atoms with Crippen molar-refractivity contribution in [2.45, 2.75) is 38.6 Å². The molecule has 7 nitrogen and oxygen atoms in total. The van der Waals surface area contributed by atoms with Gasteiger partial charge in [0.2, 0.25) is 0 Å². The second kappa shape index (κ2) is 7.75. The molecule has 0 spiro atoms. The van der Waals surface area contributed by atoms with E-state index in [2.05, 4.69) is 10.3 Å². The zero-order chi connectivity index (χ0) is 18.6.